The second kappa shape index (κ2) is 11.7. The quantitative estimate of drug-likeness (QED) is 0.238. The van der Waals surface area contributed by atoms with Gasteiger partial charge in [0.05, 0.1) is 22.5 Å². The maximum Gasteiger partial charge on any atom is 1.00 e. The third kappa shape index (κ3) is 18.1. The second-order valence-electron chi connectivity index (χ2n) is 7.48. The van der Waals surface area contributed by atoms with Crippen LogP contribution in [0.3, 0.4) is 0 Å². The molecule has 150 valence electrons. The van der Waals surface area contributed by atoms with Crippen LogP contribution in [-0.4, -0.2) is 57.7 Å². The SMILES string of the molecule is CC(C)(CCNC(=O)OC(C)(C)C)COS(=O)(=O)CCCS(=O)(=O)[O-].[K+]. The van der Waals surface area contributed by atoms with Crippen LogP contribution in [0, 0.1) is 5.41 Å². The van der Waals surface area contributed by atoms with Crippen LogP contribution in [0.1, 0.15) is 47.5 Å². The number of rotatable bonds is 10. The number of ether oxygens (including phenoxy) is 1. The Morgan fingerprint density at radius 2 is 1.58 bits per heavy atom. The third-order valence-corrected chi connectivity index (χ3v) is 4.94. The summed E-state index contributed by atoms with van der Waals surface area (Å²) in [6, 6.07) is 0. The van der Waals surface area contributed by atoms with Gasteiger partial charge in [0.2, 0.25) is 0 Å². The number of alkyl carbamates (subject to hydrolysis) is 1. The van der Waals surface area contributed by atoms with Gasteiger partial charge in [-0.1, -0.05) is 13.8 Å². The molecule has 0 aromatic heterocycles. The third-order valence-electron chi connectivity index (χ3n) is 2.89. The first-order chi connectivity index (χ1) is 11.0. The zero-order chi connectivity index (χ0) is 19.9. The second-order valence-corrected chi connectivity index (χ2v) is 10.8. The maximum absolute atomic E-state index is 11.7. The summed E-state index contributed by atoms with van der Waals surface area (Å²) in [5.74, 6) is -1.29. The molecule has 0 radical (unpaired) electrons. The minimum atomic E-state index is -4.45. The van der Waals surface area contributed by atoms with E-state index in [0.29, 0.717) is 6.42 Å². The summed E-state index contributed by atoms with van der Waals surface area (Å²) in [6.45, 7) is 8.91. The molecular weight excluding hydrogens is 413 g/mol. The fraction of sp³-hybridized carbons (Fsp3) is 0.929. The summed E-state index contributed by atoms with van der Waals surface area (Å²) >= 11 is 0. The van der Waals surface area contributed by atoms with Crippen molar-refractivity contribution in [1.82, 2.24) is 5.32 Å². The van der Waals surface area contributed by atoms with E-state index in [0.717, 1.165) is 0 Å². The van der Waals surface area contributed by atoms with Crippen LogP contribution in [0.5, 0.6) is 0 Å². The Kier molecular flexibility index (Phi) is 13.0. The van der Waals surface area contributed by atoms with Gasteiger partial charge in [-0.3, -0.25) is 4.18 Å². The van der Waals surface area contributed by atoms with Gasteiger partial charge in [-0.15, -0.1) is 0 Å². The molecule has 0 saturated carbocycles. The molecule has 0 atom stereocenters. The van der Waals surface area contributed by atoms with E-state index < -0.39 is 48.9 Å². The average molecular weight is 442 g/mol. The zero-order valence-corrected chi connectivity index (χ0v) is 21.1. The van der Waals surface area contributed by atoms with Crippen molar-refractivity contribution in [3.8, 4) is 0 Å². The zero-order valence-electron chi connectivity index (χ0n) is 16.3. The van der Waals surface area contributed by atoms with E-state index in [-0.39, 0.29) is 71.0 Å². The van der Waals surface area contributed by atoms with Crippen LogP contribution in [0.4, 0.5) is 4.79 Å². The monoisotopic (exact) mass is 441 g/mol. The van der Waals surface area contributed by atoms with Crippen molar-refractivity contribution in [3.63, 3.8) is 0 Å². The molecule has 1 amide bonds. The predicted octanol–water partition coefficient (Wildman–Crippen LogP) is -1.79. The number of nitrogens with one attached hydrogen (secondary N) is 1. The van der Waals surface area contributed by atoms with Gasteiger partial charge in [0.1, 0.15) is 5.60 Å². The Labute approximate surface area is 199 Å². The summed E-state index contributed by atoms with van der Waals surface area (Å²) in [5.41, 5.74) is -1.15. The molecule has 26 heavy (non-hydrogen) atoms. The van der Waals surface area contributed by atoms with E-state index in [1.54, 1.807) is 34.6 Å². The standard InChI is InChI=1S/C14H29NO8S2.K/c1-13(2,3)23-12(16)15-8-7-14(4,5)11-22-25(20,21)10-6-9-24(17,18)19;/h6-11H2,1-5H3,(H,15,16)(H,17,18,19);/q;+1/p-1. The van der Waals surface area contributed by atoms with Crippen molar-refractivity contribution in [1.29, 1.82) is 0 Å². The number of amides is 1. The first-order valence-electron chi connectivity index (χ1n) is 7.79. The van der Waals surface area contributed by atoms with Gasteiger partial charge in [-0.2, -0.15) is 8.42 Å². The molecule has 0 aromatic carbocycles. The van der Waals surface area contributed by atoms with E-state index in [1.807, 2.05) is 0 Å². The van der Waals surface area contributed by atoms with Crippen molar-refractivity contribution in [2.45, 2.75) is 53.1 Å². The molecule has 1 N–H and O–H groups in total. The largest absolute Gasteiger partial charge is 1.00 e. The average Bonchev–Trinajstić information content (AvgIpc) is 2.32. The van der Waals surface area contributed by atoms with E-state index in [9.17, 15) is 26.2 Å². The summed E-state index contributed by atoms with van der Waals surface area (Å²) < 4.78 is 64.7. The summed E-state index contributed by atoms with van der Waals surface area (Å²) in [7, 11) is -8.36. The first kappa shape index (κ1) is 28.9. The molecule has 0 rings (SSSR count). The van der Waals surface area contributed by atoms with Crippen molar-refractivity contribution in [2.24, 2.45) is 5.41 Å². The van der Waals surface area contributed by atoms with Crippen molar-refractivity contribution < 1.29 is 86.5 Å². The smallest absolute Gasteiger partial charge is 0.748 e. The number of carbonyl (C=O) groups excluding carboxylic acids is 1. The molecule has 0 aliphatic carbocycles. The number of carbonyl (C=O) groups is 1. The molecular formula is C14H28KNO8S2. The number of hydrogen-bond acceptors (Lipinski definition) is 8. The Hall–Kier alpha value is 0.726. The maximum atomic E-state index is 11.7. The fourth-order valence-electron chi connectivity index (χ4n) is 1.61. The van der Waals surface area contributed by atoms with E-state index >= 15 is 0 Å². The molecule has 0 aromatic rings. The van der Waals surface area contributed by atoms with Gasteiger partial charge >= 0.3 is 57.5 Å². The van der Waals surface area contributed by atoms with Crippen LogP contribution < -0.4 is 56.7 Å². The minimum Gasteiger partial charge on any atom is -0.748 e. The van der Waals surface area contributed by atoms with Gasteiger partial charge in [0.15, 0.2) is 0 Å². The molecule has 0 aliphatic rings. The molecule has 0 unspecified atom stereocenters. The fourth-order valence-corrected chi connectivity index (χ4v) is 3.40. The van der Waals surface area contributed by atoms with Gasteiger partial charge in [-0.05, 0) is 39.0 Å². The van der Waals surface area contributed by atoms with Gasteiger partial charge in [-0.25, -0.2) is 13.2 Å². The van der Waals surface area contributed by atoms with Gasteiger partial charge in [0.25, 0.3) is 10.1 Å². The van der Waals surface area contributed by atoms with Gasteiger partial charge < -0.3 is 14.6 Å². The Bertz CT molecular complexity index is 638. The predicted molar refractivity (Wildman–Crippen MR) is 91.6 cm³/mol. The van der Waals surface area contributed by atoms with Crippen LogP contribution in [0.2, 0.25) is 0 Å². The van der Waals surface area contributed by atoms with E-state index in [4.69, 9.17) is 8.92 Å². The Balaban J connectivity index is 0. The normalized spacial score (nSPS) is 13.0. The first-order valence-corrected chi connectivity index (χ1v) is 10.9. The van der Waals surface area contributed by atoms with Gasteiger partial charge in [0, 0.05) is 12.3 Å². The Morgan fingerprint density at radius 1 is 1.04 bits per heavy atom. The molecule has 0 spiro atoms. The molecule has 12 heteroatoms. The van der Waals surface area contributed by atoms with Crippen LogP contribution >= 0.6 is 0 Å². The van der Waals surface area contributed by atoms with Crippen molar-refractivity contribution in [2.75, 3.05) is 24.7 Å². The van der Waals surface area contributed by atoms with Crippen LogP contribution in [0.15, 0.2) is 0 Å². The summed E-state index contributed by atoms with van der Waals surface area (Å²) in [4.78, 5) is 11.5. The topological polar surface area (TPSA) is 139 Å². The van der Waals surface area contributed by atoms with E-state index in [1.165, 1.54) is 0 Å². The molecule has 0 aliphatic heterocycles. The van der Waals surface area contributed by atoms with E-state index in [2.05, 4.69) is 5.32 Å². The van der Waals surface area contributed by atoms with Crippen LogP contribution in [0.25, 0.3) is 0 Å². The molecule has 0 heterocycles. The summed E-state index contributed by atoms with van der Waals surface area (Å²) in [6.07, 6.45) is -0.429. The molecule has 9 nitrogen and oxygen atoms in total. The molecule has 0 bridgehead atoms. The van der Waals surface area contributed by atoms with Crippen molar-refractivity contribution >= 4 is 26.3 Å². The van der Waals surface area contributed by atoms with Crippen molar-refractivity contribution in [3.05, 3.63) is 0 Å². The summed E-state index contributed by atoms with van der Waals surface area (Å²) in [5, 5.41) is 2.58. The minimum absolute atomic E-state index is 0. The number of hydrogen-bond donors (Lipinski definition) is 1. The van der Waals surface area contributed by atoms with Crippen LogP contribution in [-0.2, 0) is 29.2 Å². The Morgan fingerprint density at radius 3 is 2.04 bits per heavy atom. The molecule has 0 saturated heterocycles. The molecule has 0 fully saturated rings.